The Balaban J connectivity index is 3.12. The molecule has 0 aromatic rings. The van der Waals surface area contributed by atoms with Crippen LogP contribution in [-0.2, 0) is 28.6 Å². The van der Waals surface area contributed by atoms with E-state index in [-0.39, 0.29) is 18.8 Å². The molecule has 0 aromatic heterocycles. The van der Waals surface area contributed by atoms with E-state index in [1.165, 1.54) is 13.3 Å². The monoisotopic (exact) mass is 329 g/mol. The maximum absolute atomic E-state index is 12.1. The number of nitrogens with one attached hydrogen (secondary N) is 1. The minimum atomic E-state index is -0.894. The maximum Gasteiger partial charge on any atom is 0.337 e. The Bertz CT molecular complexity index is 525. The van der Waals surface area contributed by atoms with Gasteiger partial charge in [-0.2, -0.15) is 0 Å². The highest BCUT2D eigenvalue weighted by atomic mass is 32.2. The summed E-state index contributed by atoms with van der Waals surface area (Å²) in [5.41, 5.74) is 0.452. The first-order valence-corrected chi connectivity index (χ1v) is 7.60. The van der Waals surface area contributed by atoms with Crippen LogP contribution in [0.15, 0.2) is 22.4 Å². The van der Waals surface area contributed by atoms with Gasteiger partial charge < -0.3 is 19.5 Å². The molecular weight excluding hydrogens is 310 g/mol. The molecule has 0 bridgehead atoms. The smallest absolute Gasteiger partial charge is 0.337 e. The number of methoxy groups -OCH3 is 1. The molecule has 0 aliphatic carbocycles. The van der Waals surface area contributed by atoms with Crippen molar-refractivity contribution in [3.05, 3.63) is 22.4 Å². The highest BCUT2D eigenvalue weighted by Crippen LogP contribution is 2.33. The van der Waals surface area contributed by atoms with Crippen LogP contribution in [0.3, 0.4) is 0 Å². The predicted molar refractivity (Wildman–Crippen MR) is 80.6 cm³/mol. The van der Waals surface area contributed by atoms with Gasteiger partial charge in [0.05, 0.1) is 36.5 Å². The third kappa shape index (κ3) is 4.27. The summed E-state index contributed by atoms with van der Waals surface area (Å²) in [6.45, 7) is 5.29. The van der Waals surface area contributed by atoms with Gasteiger partial charge in [-0.05, 0) is 20.8 Å². The number of carbonyl (C=O) groups is 3. The van der Waals surface area contributed by atoms with E-state index in [1.54, 1.807) is 20.8 Å². The van der Waals surface area contributed by atoms with Gasteiger partial charge in [-0.15, -0.1) is 0 Å². The SMILES string of the molecule is CCOC(=O)C1=CN/C(=C(\C)C(=O)OC)SC1C(=O)OCC. The van der Waals surface area contributed by atoms with Crippen LogP contribution in [0.25, 0.3) is 0 Å². The van der Waals surface area contributed by atoms with E-state index in [0.717, 1.165) is 11.8 Å². The molecular formula is C14H19NO6S. The molecule has 0 fully saturated rings. The predicted octanol–water partition coefficient (Wildman–Crippen LogP) is 1.11. The summed E-state index contributed by atoms with van der Waals surface area (Å²) in [6, 6.07) is 0. The summed E-state index contributed by atoms with van der Waals surface area (Å²) in [4.78, 5) is 35.6. The van der Waals surface area contributed by atoms with Crippen molar-refractivity contribution in [2.45, 2.75) is 26.0 Å². The molecule has 0 amide bonds. The number of esters is 3. The third-order valence-corrected chi connectivity index (χ3v) is 4.06. The molecule has 8 heteroatoms. The van der Waals surface area contributed by atoms with E-state index >= 15 is 0 Å². The molecule has 1 rings (SSSR count). The van der Waals surface area contributed by atoms with Crippen LogP contribution >= 0.6 is 11.8 Å². The summed E-state index contributed by atoms with van der Waals surface area (Å²) in [6.07, 6.45) is 1.36. The fraction of sp³-hybridized carbons (Fsp3) is 0.500. The highest BCUT2D eigenvalue weighted by Gasteiger charge is 2.35. The molecule has 1 aliphatic rings. The van der Waals surface area contributed by atoms with E-state index in [2.05, 4.69) is 10.1 Å². The molecule has 1 aliphatic heterocycles. The molecule has 1 unspecified atom stereocenters. The van der Waals surface area contributed by atoms with Crippen molar-refractivity contribution in [3.8, 4) is 0 Å². The van der Waals surface area contributed by atoms with Crippen LogP contribution in [0.1, 0.15) is 20.8 Å². The molecule has 122 valence electrons. The summed E-state index contributed by atoms with van der Waals surface area (Å²) in [5, 5.41) is 2.36. The van der Waals surface area contributed by atoms with E-state index in [1.807, 2.05) is 0 Å². The molecule has 0 saturated carbocycles. The van der Waals surface area contributed by atoms with Crippen LogP contribution in [0.2, 0.25) is 0 Å². The van der Waals surface area contributed by atoms with Crippen molar-refractivity contribution < 1.29 is 28.6 Å². The zero-order valence-corrected chi connectivity index (χ0v) is 13.7. The van der Waals surface area contributed by atoms with Gasteiger partial charge in [-0.3, -0.25) is 4.79 Å². The number of hydrogen-bond acceptors (Lipinski definition) is 8. The molecule has 7 nitrogen and oxygen atoms in total. The van der Waals surface area contributed by atoms with Crippen LogP contribution in [0.5, 0.6) is 0 Å². The molecule has 1 N–H and O–H groups in total. The second kappa shape index (κ2) is 8.47. The molecule has 0 spiro atoms. The lowest BCUT2D eigenvalue weighted by Gasteiger charge is -2.24. The number of thioether (sulfide) groups is 1. The lowest BCUT2D eigenvalue weighted by atomic mass is 10.2. The van der Waals surface area contributed by atoms with Gasteiger partial charge in [-0.1, -0.05) is 11.8 Å². The summed E-state index contributed by atoms with van der Waals surface area (Å²) in [5.74, 6) is -1.69. The van der Waals surface area contributed by atoms with Crippen LogP contribution < -0.4 is 5.32 Å². The third-order valence-electron chi connectivity index (χ3n) is 2.72. The fourth-order valence-electron chi connectivity index (χ4n) is 1.65. The number of carbonyl (C=O) groups excluding carboxylic acids is 3. The number of rotatable bonds is 5. The molecule has 1 atom stereocenters. The normalized spacial score (nSPS) is 19.5. The van der Waals surface area contributed by atoms with Gasteiger partial charge in [0.1, 0.15) is 5.25 Å². The van der Waals surface area contributed by atoms with Crippen molar-refractivity contribution in [1.29, 1.82) is 0 Å². The molecule has 0 radical (unpaired) electrons. The second-order valence-electron chi connectivity index (χ2n) is 4.16. The maximum atomic E-state index is 12.1. The Hall–Kier alpha value is -1.96. The average molecular weight is 329 g/mol. The van der Waals surface area contributed by atoms with Gasteiger partial charge in [0, 0.05) is 6.20 Å². The molecule has 1 heterocycles. The molecule has 0 saturated heterocycles. The first-order valence-electron chi connectivity index (χ1n) is 6.72. The van der Waals surface area contributed by atoms with E-state index < -0.39 is 23.2 Å². The largest absolute Gasteiger partial charge is 0.466 e. The lowest BCUT2D eigenvalue weighted by Crippen LogP contribution is -2.33. The van der Waals surface area contributed by atoms with Crippen molar-refractivity contribution in [2.24, 2.45) is 0 Å². The summed E-state index contributed by atoms with van der Waals surface area (Å²) < 4.78 is 14.6. The summed E-state index contributed by atoms with van der Waals surface area (Å²) in [7, 11) is 1.27. The number of ether oxygens (including phenoxy) is 3. The van der Waals surface area contributed by atoms with Gasteiger partial charge in [0.15, 0.2) is 0 Å². The van der Waals surface area contributed by atoms with Gasteiger partial charge >= 0.3 is 17.9 Å². The first-order chi connectivity index (χ1) is 10.5. The van der Waals surface area contributed by atoms with Gasteiger partial charge in [0.2, 0.25) is 0 Å². The van der Waals surface area contributed by atoms with Crippen molar-refractivity contribution in [2.75, 3.05) is 20.3 Å². The van der Waals surface area contributed by atoms with Crippen LogP contribution in [0.4, 0.5) is 0 Å². The Morgan fingerprint density at radius 1 is 1.23 bits per heavy atom. The number of hydrogen-bond donors (Lipinski definition) is 1. The zero-order chi connectivity index (χ0) is 16.7. The minimum absolute atomic E-state index is 0.145. The lowest BCUT2D eigenvalue weighted by molar-refractivity contribution is -0.145. The van der Waals surface area contributed by atoms with Crippen LogP contribution in [-0.4, -0.2) is 43.5 Å². The van der Waals surface area contributed by atoms with Crippen LogP contribution in [0, 0.1) is 0 Å². The summed E-state index contributed by atoms with van der Waals surface area (Å²) >= 11 is 1.02. The van der Waals surface area contributed by atoms with Gasteiger partial charge in [-0.25, -0.2) is 9.59 Å². The second-order valence-corrected chi connectivity index (χ2v) is 5.28. The Morgan fingerprint density at radius 3 is 2.41 bits per heavy atom. The van der Waals surface area contributed by atoms with E-state index in [9.17, 15) is 14.4 Å². The highest BCUT2D eigenvalue weighted by molar-refractivity contribution is 8.04. The fourth-order valence-corrected chi connectivity index (χ4v) is 2.73. The van der Waals surface area contributed by atoms with Gasteiger partial charge in [0.25, 0.3) is 0 Å². The van der Waals surface area contributed by atoms with Crippen molar-refractivity contribution >= 4 is 29.7 Å². The van der Waals surface area contributed by atoms with Crippen molar-refractivity contribution in [1.82, 2.24) is 5.32 Å². The first kappa shape index (κ1) is 18.1. The van der Waals surface area contributed by atoms with E-state index in [0.29, 0.717) is 10.6 Å². The topological polar surface area (TPSA) is 90.9 Å². The quantitative estimate of drug-likeness (QED) is 0.456. The average Bonchev–Trinajstić information content (AvgIpc) is 2.53. The van der Waals surface area contributed by atoms with E-state index in [4.69, 9.17) is 9.47 Å². The molecule has 0 aromatic carbocycles. The standard InChI is InChI=1S/C14H19NO6S/c1-5-20-13(17)9-7-15-11(8(3)12(16)19-4)22-10(9)14(18)21-6-2/h7,10,15H,5-6H2,1-4H3/b11-8-. The van der Waals surface area contributed by atoms with Crippen molar-refractivity contribution in [3.63, 3.8) is 0 Å². The Kier molecular flexibility index (Phi) is 6.97. The minimum Gasteiger partial charge on any atom is -0.466 e. The Morgan fingerprint density at radius 2 is 1.86 bits per heavy atom. The zero-order valence-electron chi connectivity index (χ0n) is 12.9. The Labute approximate surface area is 133 Å². The molecule has 22 heavy (non-hydrogen) atoms.